The molecule has 0 aliphatic carbocycles. The minimum absolute atomic E-state index is 0.0639. The number of rotatable bonds is 6. The van der Waals surface area contributed by atoms with Gasteiger partial charge in [-0.2, -0.15) is 0 Å². The van der Waals surface area contributed by atoms with Crippen molar-refractivity contribution in [3.63, 3.8) is 0 Å². The number of esters is 1. The van der Waals surface area contributed by atoms with E-state index >= 15 is 0 Å². The van der Waals surface area contributed by atoms with E-state index in [1.807, 2.05) is 6.92 Å². The predicted molar refractivity (Wildman–Crippen MR) is 69.6 cm³/mol. The van der Waals surface area contributed by atoms with Crippen molar-refractivity contribution < 1.29 is 23.8 Å². The van der Waals surface area contributed by atoms with Crippen molar-refractivity contribution in [1.82, 2.24) is 0 Å². The molecule has 0 spiro atoms. The van der Waals surface area contributed by atoms with Gasteiger partial charge in [0.2, 0.25) is 11.2 Å². The summed E-state index contributed by atoms with van der Waals surface area (Å²) in [4.78, 5) is 33.8. The molecule has 0 bridgehead atoms. The Morgan fingerprint density at radius 3 is 2.65 bits per heavy atom. The largest absolute Gasteiger partial charge is 0.480 e. The molecule has 0 radical (unpaired) electrons. The number of hydrogen-bond acceptors (Lipinski definition) is 6. The maximum absolute atomic E-state index is 11.7. The van der Waals surface area contributed by atoms with Gasteiger partial charge < -0.3 is 20.0 Å². The minimum atomic E-state index is -1.19. The molecule has 0 saturated heterocycles. The summed E-state index contributed by atoms with van der Waals surface area (Å²) in [5.41, 5.74) is 4.83. The van der Waals surface area contributed by atoms with E-state index in [0.29, 0.717) is 12.2 Å². The van der Waals surface area contributed by atoms with Crippen LogP contribution in [0.25, 0.3) is 0 Å². The highest BCUT2D eigenvalue weighted by atomic mass is 16.5. The van der Waals surface area contributed by atoms with E-state index in [0.717, 1.165) is 0 Å². The molecular weight excluding hydrogens is 266 g/mol. The first-order valence-electron chi connectivity index (χ1n) is 6.17. The maximum Gasteiger partial charge on any atom is 0.320 e. The third kappa shape index (κ3) is 4.20. The molecule has 3 N–H and O–H groups in total. The third-order valence-corrected chi connectivity index (χ3v) is 2.66. The Balaban J connectivity index is 2.72. The second-order valence-electron chi connectivity index (χ2n) is 4.27. The molecule has 1 aromatic rings. The van der Waals surface area contributed by atoms with Crippen molar-refractivity contribution in [1.29, 1.82) is 0 Å². The quantitative estimate of drug-likeness (QED) is 0.734. The average molecular weight is 283 g/mol. The van der Waals surface area contributed by atoms with Gasteiger partial charge in [0.05, 0.1) is 0 Å². The molecule has 20 heavy (non-hydrogen) atoms. The number of aryl methyl sites for hydroxylation is 2. The summed E-state index contributed by atoms with van der Waals surface area (Å²) in [7, 11) is 0. The van der Waals surface area contributed by atoms with E-state index in [2.05, 4.69) is 0 Å². The lowest BCUT2D eigenvalue weighted by molar-refractivity contribution is -0.139. The van der Waals surface area contributed by atoms with E-state index < -0.39 is 23.4 Å². The molecule has 0 saturated carbocycles. The molecule has 0 unspecified atom stereocenters. The molecular formula is C13H17NO6. The van der Waals surface area contributed by atoms with Crippen molar-refractivity contribution in [3.05, 3.63) is 27.8 Å². The maximum atomic E-state index is 11.7. The van der Waals surface area contributed by atoms with Gasteiger partial charge in [0.25, 0.3) is 0 Å². The van der Waals surface area contributed by atoms with Gasteiger partial charge in [-0.05, 0) is 13.3 Å². The van der Waals surface area contributed by atoms with E-state index in [9.17, 15) is 14.4 Å². The molecule has 1 atom stereocenters. The van der Waals surface area contributed by atoms with Crippen LogP contribution in [0.1, 0.15) is 31.3 Å². The number of carbonyl (C=O) groups is 2. The summed E-state index contributed by atoms with van der Waals surface area (Å²) in [6.07, 6.45) is 0.297. The van der Waals surface area contributed by atoms with Crippen molar-refractivity contribution in [3.8, 4) is 5.75 Å². The Kier molecular flexibility index (Phi) is 5.45. The lowest BCUT2D eigenvalue weighted by atomic mass is 10.2. The van der Waals surface area contributed by atoms with Crippen LogP contribution in [-0.2, 0) is 16.0 Å². The summed E-state index contributed by atoms with van der Waals surface area (Å²) >= 11 is 0. The second-order valence-corrected chi connectivity index (χ2v) is 4.27. The fraction of sp³-hybridized carbons (Fsp3) is 0.462. The number of nitrogens with two attached hydrogens (primary N) is 1. The fourth-order valence-corrected chi connectivity index (χ4v) is 1.52. The number of carboxylic acids is 1. The molecule has 0 aliphatic heterocycles. The van der Waals surface area contributed by atoms with Gasteiger partial charge in [0.1, 0.15) is 17.6 Å². The normalized spacial score (nSPS) is 11.9. The first kappa shape index (κ1) is 15.9. The highest BCUT2D eigenvalue weighted by molar-refractivity contribution is 5.76. The average Bonchev–Trinajstić information content (AvgIpc) is 2.39. The lowest BCUT2D eigenvalue weighted by Crippen LogP contribution is -2.31. The summed E-state index contributed by atoms with van der Waals surface area (Å²) in [5, 5.41) is 8.59. The van der Waals surface area contributed by atoms with Crippen LogP contribution in [-0.4, -0.2) is 23.1 Å². The van der Waals surface area contributed by atoms with Gasteiger partial charge in [-0.3, -0.25) is 14.4 Å². The molecule has 0 amide bonds. The number of hydrogen-bond donors (Lipinski definition) is 2. The lowest BCUT2D eigenvalue weighted by Gasteiger charge is -2.08. The SMILES string of the molecule is CCc1cc(=O)c(OC(=O)CC[C@H](N)C(=O)O)c(C)o1. The fourth-order valence-electron chi connectivity index (χ4n) is 1.52. The van der Waals surface area contributed by atoms with Crippen LogP contribution < -0.4 is 15.9 Å². The number of carbonyl (C=O) groups excluding carboxylic acids is 1. The summed E-state index contributed by atoms with van der Waals surface area (Å²) in [5.74, 6) is -1.37. The Bertz CT molecular complexity index is 562. The number of ether oxygens (including phenoxy) is 1. The van der Waals surface area contributed by atoms with Crippen molar-refractivity contribution in [2.45, 2.75) is 39.2 Å². The van der Waals surface area contributed by atoms with Crippen LogP contribution in [0.15, 0.2) is 15.3 Å². The smallest absolute Gasteiger partial charge is 0.320 e. The topological polar surface area (TPSA) is 120 Å². The molecule has 1 heterocycles. The van der Waals surface area contributed by atoms with Gasteiger partial charge >= 0.3 is 11.9 Å². The Labute approximate surface area is 115 Å². The van der Waals surface area contributed by atoms with Gasteiger partial charge in [0, 0.05) is 18.9 Å². The van der Waals surface area contributed by atoms with Gasteiger partial charge in [-0.1, -0.05) is 6.92 Å². The van der Waals surface area contributed by atoms with E-state index in [1.165, 1.54) is 13.0 Å². The highest BCUT2D eigenvalue weighted by Crippen LogP contribution is 2.15. The van der Waals surface area contributed by atoms with E-state index in [4.69, 9.17) is 20.0 Å². The van der Waals surface area contributed by atoms with Gasteiger partial charge in [0.15, 0.2) is 0 Å². The third-order valence-electron chi connectivity index (χ3n) is 2.66. The Morgan fingerprint density at radius 1 is 1.50 bits per heavy atom. The van der Waals surface area contributed by atoms with Crippen molar-refractivity contribution in [2.24, 2.45) is 5.73 Å². The predicted octanol–water partition coefficient (Wildman–Crippen LogP) is 0.608. The standard InChI is InChI=1S/C13H17NO6/c1-3-8-6-10(15)12(7(2)19-8)20-11(16)5-4-9(14)13(17)18/h6,9H,3-5,14H2,1-2H3,(H,17,18)/t9-/m0/s1. The molecule has 1 aromatic heterocycles. The van der Waals surface area contributed by atoms with Crippen molar-refractivity contribution in [2.75, 3.05) is 0 Å². The van der Waals surface area contributed by atoms with Crippen LogP contribution in [0, 0.1) is 6.92 Å². The zero-order valence-electron chi connectivity index (χ0n) is 11.3. The second kappa shape index (κ2) is 6.85. The Hall–Kier alpha value is -2.15. The molecule has 1 rings (SSSR count). The Morgan fingerprint density at radius 2 is 2.15 bits per heavy atom. The highest BCUT2D eigenvalue weighted by Gasteiger charge is 2.17. The number of aliphatic carboxylic acids is 1. The molecule has 0 aliphatic rings. The number of carboxylic acid groups (broad SMARTS) is 1. The zero-order chi connectivity index (χ0) is 15.3. The van der Waals surface area contributed by atoms with E-state index in [1.54, 1.807) is 0 Å². The molecule has 7 heteroatoms. The van der Waals surface area contributed by atoms with Gasteiger partial charge in [-0.25, -0.2) is 0 Å². The molecule has 0 aromatic carbocycles. The monoisotopic (exact) mass is 283 g/mol. The van der Waals surface area contributed by atoms with Crippen LogP contribution in [0.3, 0.4) is 0 Å². The van der Waals surface area contributed by atoms with Crippen LogP contribution in [0.5, 0.6) is 5.75 Å². The molecule has 0 fully saturated rings. The summed E-state index contributed by atoms with van der Waals surface area (Å²) < 4.78 is 10.2. The van der Waals surface area contributed by atoms with Crippen LogP contribution >= 0.6 is 0 Å². The summed E-state index contributed by atoms with van der Waals surface area (Å²) in [6.45, 7) is 3.35. The minimum Gasteiger partial charge on any atom is -0.480 e. The van der Waals surface area contributed by atoms with Crippen LogP contribution in [0.4, 0.5) is 0 Å². The molecule has 7 nitrogen and oxygen atoms in total. The van der Waals surface area contributed by atoms with Crippen LogP contribution in [0.2, 0.25) is 0 Å². The first-order valence-corrected chi connectivity index (χ1v) is 6.17. The molecule has 110 valence electrons. The van der Waals surface area contributed by atoms with Crippen molar-refractivity contribution >= 4 is 11.9 Å². The summed E-state index contributed by atoms with van der Waals surface area (Å²) in [6, 6.07) is 0.126. The van der Waals surface area contributed by atoms with Gasteiger partial charge in [-0.15, -0.1) is 0 Å². The first-order chi connectivity index (χ1) is 9.35. The zero-order valence-corrected chi connectivity index (χ0v) is 11.3. The van der Waals surface area contributed by atoms with E-state index in [-0.39, 0.29) is 24.4 Å².